The zero-order valence-electron chi connectivity index (χ0n) is 14.9. The molecule has 1 aromatic heterocycles. The number of imidazole rings is 1. The van der Waals surface area contributed by atoms with Gasteiger partial charge in [0.1, 0.15) is 11.6 Å². The first-order chi connectivity index (χ1) is 11.1. The van der Waals surface area contributed by atoms with Crippen molar-refractivity contribution in [1.82, 2.24) is 14.5 Å². The first-order valence-corrected chi connectivity index (χ1v) is 8.26. The third-order valence-corrected chi connectivity index (χ3v) is 4.59. The van der Waals surface area contributed by atoms with Gasteiger partial charge in [0.25, 0.3) is 0 Å². The van der Waals surface area contributed by atoms with Crippen LogP contribution in [0.25, 0.3) is 11.3 Å². The van der Waals surface area contributed by atoms with Crippen LogP contribution in [-0.2, 0) is 16.9 Å². The predicted octanol–water partition coefficient (Wildman–Crippen LogP) is 3.81. The second-order valence-electron chi connectivity index (χ2n) is 7.92. The maximum absolute atomic E-state index is 13.1. The van der Waals surface area contributed by atoms with Gasteiger partial charge in [-0.15, -0.1) is 0 Å². The Kier molecular flexibility index (Phi) is 3.78. The van der Waals surface area contributed by atoms with Gasteiger partial charge in [-0.1, -0.05) is 20.8 Å². The van der Waals surface area contributed by atoms with Crippen molar-refractivity contribution < 1.29 is 9.18 Å². The van der Waals surface area contributed by atoms with Gasteiger partial charge in [-0.05, 0) is 38.1 Å². The van der Waals surface area contributed by atoms with Crippen LogP contribution in [0.5, 0.6) is 0 Å². The Morgan fingerprint density at radius 3 is 2.38 bits per heavy atom. The number of benzene rings is 1. The SMILES string of the molecule is CC(C)(C)C(=O)N1CCn2cc(-c3ccc(F)cc3)nc2C1(C)C. The fraction of sp³-hybridized carbons (Fsp3) is 0.474. The van der Waals surface area contributed by atoms with E-state index in [1.807, 2.05) is 45.7 Å². The molecule has 0 radical (unpaired) electrons. The van der Waals surface area contributed by atoms with Gasteiger partial charge < -0.3 is 9.47 Å². The molecule has 0 fully saturated rings. The zero-order valence-corrected chi connectivity index (χ0v) is 14.9. The van der Waals surface area contributed by atoms with E-state index in [4.69, 9.17) is 4.98 Å². The Balaban J connectivity index is 1.99. The molecule has 1 aromatic carbocycles. The van der Waals surface area contributed by atoms with Crippen LogP contribution in [0, 0.1) is 11.2 Å². The van der Waals surface area contributed by atoms with Gasteiger partial charge in [0.2, 0.25) is 5.91 Å². The van der Waals surface area contributed by atoms with Crippen molar-refractivity contribution in [2.45, 2.75) is 46.7 Å². The van der Waals surface area contributed by atoms with Crippen molar-refractivity contribution in [3.05, 3.63) is 42.1 Å². The molecule has 0 saturated heterocycles. The molecule has 4 nitrogen and oxygen atoms in total. The summed E-state index contributed by atoms with van der Waals surface area (Å²) >= 11 is 0. The molecule has 1 aliphatic rings. The molecular formula is C19H24FN3O. The molecular weight excluding hydrogens is 305 g/mol. The van der Waals surface area contributed by atoms with Crippen LogP contribution in [0.1, 0.15) is 40.4 Å². The van der Waals surface area contributed by atoms with Crippen LogP contribution in [0.3, 0.4) is 0 Å². The summed E-state index contributed by atoms with van der Waals surface area (Å²) in [5.74, 6) is 0.737. The highest BCUT2D eigenvalue weighted by Gasteiger charge is 2.42. The van der Waals surface area contributed by atoms with Crippen molar-refractivity contribution in [3.63, 3.8) is 0 Å². The van der Waals surface area contributed by atoms with E-state index in [0.717, 1.165) is 23.6 Å². The standard InChI is InChI=1S/C19H24FN3O/c1-18(2,3)17(24)23-11-10-22-12-15(21-16(22)19(23,4)5)13-6-8-14(20)9-7-13/h6-9,12H,10-11H2,1-5H3. The van der Waals surface area contributed by atoms with Crippen LogP contribution < -0.4 is 0 Å². The molecule has 0 unspecified atom stereocenters. The molecule has 0 saturated carbocycles. The summed E-state index contributed by atoms with van der Waals surface area (Å²) in [6.45, 7) is 11.3. The molecule has 0 spiro atoms. The monoisotopic (exact) mass is 329 g/mol. The van der Waals surface area contributed by atoms with Crippen LogP contribution in [-0.4, -0.2) is 26.9 Å². The number of hydrogen-bond acceptors (Lipinski definition) is 2. The quantitative estimate of drug-likeness (QED) is 0.798. The summed E-state index contributed by atoms with van der Waals surface area (Å²) < 4.78 is 15.2. The summed E-state index contributed by atoms with van der Waals surface area (Å²) in [6.07, 6.45) is 1.99. The Bertz CT molecular complexity index is 769. The van der Waals surface area contributed by atoms with Crippen LogP contribution in [0.4, 0.5) is 4.39 Å². The van der Waals surface area contributed by atoms with Gasteiger partial charge in [-0.2, -0.15) is 0 Å². The fourth-order valence-corrected chi connectivity index (χ4v) is 3.20. The summed E-state index contributed by atoms with van der Waals surface area (Å²) in [4.78, 5) is 19.5. The second-order valence-corrected chi connectivity index (χ2v) is 7.92. The Labute approximate surface area is 142 Å². The van der Waals surface area contributed by atoms with E-state index >= 15 is 0 Å². The molecule has 128 valence electrons. The molecule has 0 bridgehead atoms. The molecule has 0 atom stereocenters. The average molecular weight is 329 g/mol. The van der Waals surface area contributed by atoms with E-state index in [-0.39, 0.29) is 11.7 Å². The van der Waals surface area contributed by atoms with E-state index in [2.05, 4.69) is 4.57 Å². The second kappa shape index (κ2) is 5.43. The van der Waals surface area contributed by atoms with E-state index in [1.54, 1.807) is 12.1 Å². The molecule has 5 heteroatoms. The first-order valence-electron chi connectivity index (χ1n) is 8.26. The molecule has 0 N–H and O–H groups in total. The van der Waals surface area contributed by atoms with Crippen LogP contribution in [0.15, 0.2) is 30.5 Å². The van der Waals surface area contributed by atoms with Gasteiger partial charge in [0, 0.05) is 30.3 Å². The lowest BCUT2D eigenvalue weighted by Crippen LogP contribution is -2.55. The third kappa shape index (κ3) is 2.72. The highest BCUT2D eigenvalue weighted by Crippen LogP contribution is 2.35. The molecule has 2 heterocycles. The minimum Gasteiger partial charge on any atom is -0.331 e. The molecule has 3 rings (SSSR count). The van der Waals surface area contributed by atoms with Crippen molar-refractivity contribution in [2.24, 2.45) is 5.41 Å². The first kappa shape index (κ1) is 16.7. The highest BCUT2D eigenvalue weighted by molar-refractivity contribution is 5.82. The Hall–Kier alpha value is -2.17. The van der Waals surface area contributed by atoms with E-state index in [1.165, 1.54) is 12.1 Å². The number of fused-ring (bicyclic) bond motifs is 1. The summed E-state index contributed by atoms with van der Waals surface area (Å²) in [5, 5.41) is 0. The predicted molar refractivity (Wildman–Crippen MR) is 91.8 cm³/mol. The Morgan fingerprint density at radius 2 is 1.79 bits per heavy atom. The van der Waals surface area contributed by atoms with Gasteiger partial charge in [0.05, 0.1) is 11.2 Å². The highest BCUT2D eigenvalue weighted by atomic mass is 19.1. The number of nitrogens with zero attached hydrogens (tertiary/aromatic N) is 3. The lowest BCUT2D eigenvalue weighted by atomic mass is 9.90. The lowest BCUT2D eigenvalue weighted by Gasteiger charge is -2.44. The average Bonchev–Trinajstić information content (AvgIpc) is 2.92. The zero-order chi connectivity index (χ0) is 17.7. The van der Waals surface area contributed by atoms with E-state index in [9.17, 15) is 9.18 Å². The van der Waals surface area contributed by atoms with E-state index in [0.29, 0.717) is 6.54 Å². The number of carbonyl (C=O) groups is 1. The summed E-state index contributed by atoms with van der Waals surface area (Å²) in [5.41, 5.74) is 0.776. The number of aromatic nitrogens is 2. The van der Waals surface area contributed by atoms with Gasteiger partial charge in [-0.3, -0.25) is 4.79 Å². The van der Waals surface area contributed by atoms with Gasteiger partial charge in [0.15, 0.2) is 0 Å². The minimum atomic E-state index is -0.485. The number of hydrogen-bond donors (Lipinski definition) is 0. The van der Waals surface area contributed by atoms with Crippen LogP contribution >= 0.6 is 0 Å². The maximum atomic E-state index is 13.1. The lowest BCUT2D eigenvalue weighted by molar-refractivity contribution is -0.147. The molecule has 0 aliphatic carbocycles. The smallest absolute Gasteiger partial charge is 0.228 e. The molecule has 24 heavy (non-hydrogen) atoms. The molecule has 1 amide bonds. The normalized spacial score (nSPS) is 16.8. The number of carbonyl (C=O) groups excluding carboxylic acids is 1. The maximum Gasteiger partial charge on any atom is 0.228 e. The van der Waals surface area contributed by atoms with Crippen LogP contribution in [0.2, 0.25) is 0 Å². The van der Waals surface area contributed by atoms with Gasteiger partial charge in [-0.25, -0.2) is 9.37 Å². The molecule has 1 aliphatic heterocycles. The summed E-state index contributed by atoms with van der Waals surface area (Å²) in [7, 11) is 0. The number of amides is 1. The molecule has 2 aromatic rings. The largest absolute Gasteiger partial charge is 0.331 e. The van der Waals surface area contributed by atoms with Crippen molar-refractivity contribution in [1.29, 1.82) is 0 Å². The van der Waals surface area contributed by atoms with Crippen molar-refractivity contribution in [3.8, 4) is 11.3 Å². The number of halogens is 1. The number of rotatable bonds is 1. The fourth-order valence-electron chi connectivity index (χ4n) is 3.20. The van der Waals surface area contributed by atoms with E-state index < -0.39 is 11.0 Å². The topological polar surface area (TPSA) is 38.1 Å². The van der Waals surface area contributed by atoms with Gasteiger partial charge >= 0.3 is 0 Å². The summed E-state index contributed by atoms with van der Waals surface area (Å²) in [6, 6.07) is 6.34. The van der Waals surface area contributed by atoms with Crippen molar-refractivity contribution >= 4 is 5.91 Å². The third-order valence-electron chi connectivity index (χ3n) is 4.59. The van der Waals surface area contributed by atoms with Crippen molar-refractivity contribution in [2.75, 3.05) is 6.54 Å². The Morgan fingerprint density at radius 1 is 1.17 bits per heavy atom. The minimum absolute atomic E-state index is 0.130.